The van der Waals surface area contributed by atoms with Gasteiger partial charge in [-0.25, -0.2) is 14.2 Å². The van der Waals surface area contributed by atoms with Gasteiger partial charge in [0.15, 0.2) is 0 Å². The normalized spacial score (nSPS) is 16.2. The zero-order valence-corrected chi connectivity index (χ0v) is 18.3. The Balaban J connectivity index is 1.68. The number of amides is 3. The lowest BCUT2D eigenvalue weighted by molar-refractivity contribution is -0.116. The van der Waals surface area contributed by atoms with E-state index in [2.05, 4.69) is 10.3 Å². The lowest BCUT2D eigenvalue weighted by atomic mass is 10.0. The fourth-order valence-corrected chi connectivity index (χ4v) is 3.67. The Morgan fingerprint density at radius 3 is 2.55 bits per heavy atom. The van der Waals surface area contributed by atoms with Crippen molar-refractivity contribution < 1.29 is 18.7 Å². The molecule has 9 heteroatoms. The molecular formula is C24H22FN5O3. The molecule has 33 heavy (non-hydrogen) atoms. The first kappa shape index (κ1) is 21.9. The number of urea groups is 1. The summed E-state index contributed by atoms with van der Waals surface area (Å²) in [5.74, 6) is -0.755. The van der Waals surface area contributed by atoms with Gasteiger partial charge in [-0.1, -0.05) is 18.2 Å². The molecule has 2 aromatic carbocycles. The van der Waals surface area contributed by atoms with Gasteiger partial charge in [0.2, 0.25) is 0 Å². The highest BCUT2D eigenvalue weighted by molar-refractivity contribution is 6.32. The van der Waals surface area contributed by atoms with E-state index in [1.165, 1.54) is 23.1 Å². The van der Waals surface area contributed by atoms with E-state index in [-0.39, 0.29) is 11.4 Å². The van der Waals surface area contributed by atoms with Gasteiger partial charge in [0.25, 0.3) is 5.91 Å². The van der Waals surface area contributed by atoms with Gasteiger partial charge in [0.05, 0.1) is 36.4 Å². The second-order valence-corrected chi connectivity index (χ2v) is 7.62. The summed E-state index contributed by atoms with van der Waals surface area (Å²) in [7, 11) is 1.54. The highest BCUT2D eigenvalue weighted by Gasteiger charge is 2.36. The van der Waals surface area contributed by atoms with E-state index < -0.39 is 23.8 Å². The fraction of sp³-hybridized carbons (Fsp3) is 0.167. The molecule has 0 radical (unpaired) electrons. The third kappa shape index (κ3) is 4.25. The smallest absolute Gasteiger partial charge is 0.330 e. The van der Waals surface area contributed by atoms with Crippen LogP contribution in [0.2, 0.25) is 0 Å². The summed E-state index contributed by atoms with van der Waals surface area (Å²) >= 11 is 0. The van der Waals surface area contributed by atoms with Crippen molar-refractivity contribution in [3.05, 3.63) is 83.2 Å². The quantitative estimate of drug-likeness (QED) is 0.578. The van der Waals surface area contributed by atoms with Gasteiger partial charge < -0.3 is 9.30 Å². The van der Waals surface area contributed by atoms with Crippen molar-refractivity contribution in [3.8, 4) is 11.4 Å². The molecule has 4 rings (SSSR count). The molecule has 1 unspecified atom stereocenters. The molecule has 3 aromatic rings. The van der Waals surface area contributed by atoms with E-state index in [0.717, 1.165) is 11.4 Å². The average molecular weight is 447 g/mol. The minimum atomic E-state index is -0.706. The molecule has 1 atom stereocenters. The number of amidine groups is 1. The Morgan fingerprint density at radius 2 is 1.91 bits per heavy atom. The number of nitrogens with one attached hydrogen (secondary N) is 2. The maximum atomic E-state index is 13.3. The number of aromatic nitrogens is 2. The van der Waals surface area contributed by atoms with Crippen LogP contribution < -0.4 is 10.1 Å². The monoisotopic (exact) mass is 447 g/mol. The number of hydrogen-bond acceptors (Lipinski definition) is 5. The van der Waals surface area contributed by atoms with Crippen LogP contribution in [0.5, 0.6) is 5.75 Å². The average Bonchev–Trinajstić information content (AvgIpc) is 3.22. The molecule has 3 amide bonds. The molecule has 168 valence electrons. The largest absolute Gasteiger partial charge is 0.495 e. The Hall–Kier alpha value is -4.27. The van der Waals surface area contributed by atoms with Crippen molar-refractivity contribution in [2.75, 3.05) is 7.11 Å². The molecule has 1 fully saturated rings. The third-order valence-electron chi connectivity index (χ3n) is 5.42. The summed E-state index contributed by atoms with van der Waals surface area (Å²) in [4.78, 5) is 30.5. The minimum Gasteiger partial charge on any atom is -0.495 e. The number of benzene rings is 2. The number of ether oxygens (including phenoxy) is 1. The maximum absolute atomic E-state index is 13.3. The molecule has 0 bridgehead atoms. The van der Waals surface area contributed by atoms with Gasteiger partial charge in [-0.3, -0.25) is 20.4 Å². The van der Waals surface area contributed by atoms with Crippen molar-refractivity contribution >= 4 is 23.8 Å². The molecule has 1 aliphatic heterocycles. The number of imide groups is 1. The second kappa shape index (κ2) is 8.70. The number of halogens is 1. The van der Waals surface area contributed by atoms with Gasteiger partial charge in [-0.15, -0.1) is 0 Å². The molecule has 0 aliphatic carbocycles. The molecule has 2 N–H and O–H groups in total. The number of carbonyl (C=O) groups excluding carboxylic acids is 2. The number of nitrogens with zero attached hydrogens (tertiary/aromatic N) is 3. The molecular weight excluding hydrogens is 425 g/mol. The SMILES string of the molecule is COc1cc(/C=C2/C(=N)N(C(C)c3ccc(F)cc3)C(=O)NC2=O)ccc1-n1cnc(C)c1. The summed E-state index contributed by atoms with van der Waals surface area (Å²) in [6.07, 6.45) is 5.07. The third-order valence-corrected chi connectivity index (χ3v) is 5.42. The maximum Gasteiger partial charge on any atom is 0.330 e. The minimum absolute atomic E-state index is 0.0249. The van der Waals surface area contributed by atoms with Crippen molar-refractivity contribution in [3.63, 3.8) is 0 Å². The number of rotatable bonds is 5. The van der Waals surface area contributed by atoms with Crippen molar-refractivity contribution in [1.29, 1.82) is 5.41 Å². The Kier molecular flexibility index (Phi) is 5.78. The van der Waals surface area contributed by atoms with Crippen LogP contribution in [0, 0.1) is 18.2 Å². The summed E-state index contributed by atoms with van der Waals surface area (Å²) in [6, 6.07) is 9.71. The summed E-state index contributed by atoms with van der Waals surface area (Å²) in [6.45, 7) is 3.59. The molecule has 0 saturated carbocycles. The lowest BCUT2D eigenvalue weighted by Gasteiger charge is -2.33. The van der Waals surface area contributed by atoms with Crippen LogP contribution in [-0.2, 0) is 4.79 Å². The highest BCUT2D eigenvalue weighted by Crippen LogP contribution is 2.28. The first-order valence-corrected chi connectivity index (χ1v) is 10.2. The van der Waals surface area contributed by atoms with Crippen LogP contribution in [0.15, 0.2) is 60.6 Å². The van der Waals surface area contributed by atoms with E-state index in [0.29, 0.717) is 16.9 Å². The molecule has 1 aromatic heterocycles. The molecule has 8 nitrogen and oxygen atoms in total. The Labute approximate surface area is 189 Å². The first-order valence-electron chi connectivity index (χ1n) is 10.2. The van der Waals surface area contributed by atoms with Gasteiger partial charge in [-0.2, -0.15) is 0 Å². The van der Waals surface area contributed by atoms with E-state index >= 15 is 0 Å². The summed E-state index contributed by atoms with van der Waals surface area (Å²) in [5.41, 5.74) is 2.90. The standard InChI is InChI=1S/C24H22FN5O3/c1-14-12-29(13-27-14)20-9-4-16(11-21(20)33-3)10-19-22(26)30(24(32)28-23(19)31)15(2)17-5-7-18(25)8-6-17/h4-13,15,26H,1-3H3,(H,28,31,32)/b19-10-,26-22?. The van der Waals surface area contributed by atoms with Crippen molar-refractivity contribution in [2.45, 2.75) is 19.9 Å². The fourth-order valence-electron chi connectivity index (χ4n) is 3.67. The molecule has 1 aliphatic rings. The zero-order valence-electron chi connectivity index (χ0n) is 18.3. The summed E-state index contributed by atoms with van der Waals surface area (Å²) < 4.78 is 20.6. The predicted molar refractivity (Wildman–Crippen MR) is 121 cm³/mol. The van der Waals surface area contributed by atoms with E-state index in [1.54, 1.807) is 44.6 Å². The molecule has 2 heterocycles. The van der Waals surface area contributed by atoms with E-state index in [1.807, 2.05) is 23.8 Å². The summed E-state index contributed by atoms with van der Waals surface area (Å²) in [5, 5.41) is 10.9. The van der Waals surface area contributed by atoms with Crippen molar-refractivity contribution in [1.82, 2.24) is 19.8 Å². The topological polar surface area (TPSA) is 100 Å². The number of aryl methyl sites for hydroxylation is 1. The second-order valence-electron chi connectivity index (χ2n) is 7.62. The van der Waals surface area contributed by atoms with Crippen LogP contribution >= 0.6 is 0 Å². The van der Waals surface area contributed by atoms with Crippen molar-refractivity contribution in [2.24, 2.45) is 0 Å². The van der Waals surface area contributed by atoms with Gasteiger partial charge in [0, 0.05) is 6.20 Å². The van der Waals surface area contributed by atoms with Gasteiger partial charge in [-0.05, 0) is 55.3 Å². The molecule has 0 spiro atoms. The van der Waals surface area contributed by atoms with Crippen LogP contribution in [0.3, 0.4) is 0 Å². The highest BCUT2D eigenvalue weighted by atomic mass is 19.1. The van der Waals surface area contributed by atoms with Gasteiger partial charge in [0.1, 0.15) is 17.4 Å². The van der Waals surface area contributed by atoms with E-state index in [9.17, 15) is 14.0 Å². The van der Waals surface area contributed by atoms with Crippen LogP contribution in [0.1, 0.15) is 29.8 Å². The number of hydrogen-bond donors (Lipinski definition) is 2. The number of imidazole rings is 1. The van der Waals surface area contributed by atoms with Crippen LogP contribution in [-0.4, -0.2) is 39.3 Å². The Bertz CT molecular complexity index is 1280. The molecule has 1 saturated heterocycles. The Morgan fingerprint density at radius 1 is 1.18 bits per heavy atom. The number of carbonyl (C=O) groups is 2. The predicted octanol–water partition coefficient (Wildman–Crippen LogP) is 4.00. The van der Waals surface area contributed by atoms with Gasteiger partial charge >= 0.3 is 6.03 Å². The zero-order chi connectivity index (χ0) is 23.7. The first-order chi connectivity index (χ1) is 15.8. The van der Waals surface area contributed by atoms with Crippen LogP contribution in [0.4, 0.5) is 9.18 Å². The number of methoxy groups -OCH3 is 1. The van der Waals surface area contributed by atoms with Crippen LogP contribution in [0.25, 0.3) is 11.8 Å². The lowest BCUT2D eigenvalue weighted by Crippen LogP contribution is -2.54. The van der Waals surface area contributed by atoms with E-state index in [4.69, 9.17) is 10.1 Å².